The first-order valence-corrected chi connectivity index (χ1v) is 8.93. The van der Waals surface area contributed by atoms with Gasteiger partial charge in [-0.05, 0) is 38.1 Å². The highest BCUT2D eigenvalue weighted by molar-refractivity contribution is 6.32. The van der Waals surface area contributed by atoms with Crippen LogP contribution in [0.5, 0.6) is 5.75 Å². The molecule has 0 spiro atoms. The molecule has 0 unspecified atom stereocenters. The van der Waals surface area contributed by atoms with Gasteiger partial charge in [0.05, 0.1) is 27.7 Å². The molecular formula is C20H19ClN4O3. The Hall–Kier alpha value is -3.32. The molecule has 28 heavy (non-hydrogen) atoms. The van der Waals surface area contributed by atoms with E-state index in [0.717, 1.165) is 5.69 Å². The third kappa shape index (κ3) is 4.32. The van der Waals surface area contributed by atoms with Crippen molar-refractivity contribution in [1.29, 1.82) is 0 Å². The van der Waals surface area contributed by atoms with Crippen LogP contribution in [0, 0.1) is 13.8 Å². The summed E-state index contributed by atoms with van der Waals surface area (Å²) in [5.74, 6) is -0.580. The molecule has 144 valence electrons. The first kappa shape index (κ1) is 19.4. The summed E-state index contributed by atoms with van der Waals surface area (Å²) in [5, 5.41) is 4.82. The lowest BCUT2D eigenvalue weighted by Gasteiger charge is -2.10. The number of aryl methyl sites for hydroxylation is 1. The number of carbonyl (C=O) groups excluding carboxylic acids is 2. The number of aromatic nitrogens is 2. The van der Waals surface area contributed by atoms with Crippen LogP contribution >= 0.6 is 11.6 Å². The van der Waals surface area contributed by atoms with Crippen molar-refractivity contribution in [2.24, 2.45) is 0 Å². The van der Waals surface area contributed by atoms with E-state index in [1.807, 2.05) is 30.3 Å². The molecule has 0 radical (unpaired) electrons. The van der Waals surface area contributed by atoms with Crippen molar-refractivity contribution < 1.29 is 14.3 Å². The van der Waals surface area contributed by atoms with Gasteiger partial charge in [0.2, 0.25) is 0 Å². The molecule has 7 nitrogen and oxygen atoms in total. The second-order valence-electron chi connectivity index (χ2n) is 6.01. The molecule has 3 aromatic rings. The maximum absolute atomic E-state index is 12.5. The molecule has 0 saturated heterocycles. The van der Waals surface area contributed by atoms with Gasteiger partial charge in [-0.2, -0.15) is 5.10 Å². The number of ether oxygens (including phenoxy) is 1. The Labute approximate surface area is 167 Å². The van der Waals surface area contributed by atoms with Gasteiger partial charge in [0.25, 0.3) is 11.8 Å². The second-order valence-corrected chi connectivity index (χ2v) is 6.42. The second kappa shape index (κ2) is 8.58. The van der Waals surface area contributed by atoms with Crippen molar-refractivity contribution in [2.75, 3.05) is 6.61 Å². The topological polar surface area (TPSA) is 85.3 Å². The summed E-state index contributed by atoms with van der Waals surface area (Å²) < 4.78 is 7.02. The first-order chi connectivity index (χ1) is 13.5. The van der Waals surface area contributed by atoms with E-state index in [0.29, 0.717) is 27.7 Å². The number of amides is 2. The number of hydrogen-bond donors (Lipinski definition) is 2. The highest BCUT2D eigenvalue weighted by Gasteiger charge is 2.20. The molecule has 1 heterocycles. The van der Waals surface area contributed by atoms with Gasteiger partial charge in [0.15, 0.2) is 6.61 Å². The molecule has 8 heteroatoms. The zero-order valence-electron chi connectivity index (χ0n) is 15.4. The van der Waals surface area contributed by atoms with Crippen molar-refractivity contribution >= 4 is 23.4 Å². The van der Waals surface area contributed by atoms with Crippen LogP contribution in [0.3, 0.4) is 0 Å². The Morgan fingerprint density at radius 2 is 1.71 bits per heavy atom. The number of hydrogen-bond acceptors (Lipinski definition) is 4. The predicted octanol–water partition coefficient (Wildman–Crippen LogP) is 2.98. The minimum Gasteiger partial charge on any atom is -0.482 e. The van der Waals surface area contributed by atoms with Crippen LogP contribution in [0.2, 0.25) is 5.02 Å². The number of rotatable bonds is 5. The van der Waals surface area contributed by atoms with E-state index in [1.54, 1.807) is 42.8 Å². The van der Waals surface area contributed by atoms with Gasteiger partial charge in [0, 0.05) is 0 Å². The molecular weight excluding hydrogens is 380 g/mol. The molecule has 2 aromatic carbocycles. The molecule has 0 aliphatic carbocycles. The number of nitrogens with one attached hydrogen (secondary N) is 2. The van der Waals surface area contributed by atoms with E-state index in [2.05, 4.69) is 16.0 Å². The van der Waals surface area contributed by atoms with Crippen LogP contribution in [-0.2, 0) is 4.79 Å². The zero-order chi connectivity index (χ0) is 20.1. The lowest BCUT2D eigenvalue weighted by Crippen LogP contribution is -2.44. The van der Waals surface area contributed by atoms with Crippen molar-refractivity contribution in [2.45, 2.75) is 13.8 Å². The molecule has 0 bridgehead atoms. The number of benzene rings is 2. The minimum atomic E-state index is -0.515. The van der Waals surface area contributed by atoms with Crippen LogP contribution in [0.25, 0.3) is 5.69 Å². The monoisotopic (exact) mass is 398 g/mol. The summed E-state index contributed by atoms with van der Waals surface area (Å²) >= 11 is 5.97. The van der Waals surface area contributed by atoms with Gasteiger partial charge in [-0.15, -0.1) is 0 Å². The normalized spacial score (nSPS) is 10.4. The van der Waals surface area contributed by atoms with Crippen LogP contribution in [-0.4, -0.2) is 28.2 Å². The smallest absolute Gasteiger partial charge is 0.276 e. The molecule has 1 aromatic heterocycles. The van der Waals surface area contributed by atoms with Gasteiger partial charge >= 0.3 is 0 Å². The van der Waals surface area contributed by atoms with Gasteiger partial charge in [-0.1, -0.05) is 41.9 Å². The van der Waals surface area contributed by atoms with E-state index in [9.17, 15) is 9.59 Å². The van der Waals surface area contributed by atoms with Crippen LogP contribution in [0.1, 0.15) is 21.7 Å². The quantitative estimate of drug-likeness (QED) is 0.647. The zero-order valence-corrected chi connectivity index (χ0v) is 16.2. The van der Waals surface area contributed by atoms with E-state index >= 15 is 0 Å². The molecule has 0 aliphatic heterocycles. The Kier molecular flexibility index (Phi) is 5.96. The molecule has 0 fully saturated rings. The van der Waals surface area contributed by atoms with Crippen LogP contribution in [0.15, 0.2) is 54.6 Å². The third-order valence-electron chi connectivity index (χ3n) is 4.03. The number of para-hydroxylation sites is 2. The predicted molar refractivity (Wildman–Crippen MR) is 106 cm³/mol. The van der Waals surface area contributed by atoms with Crippen molar-refractivity contribution in [3.05, 3.63) is 76.6 Å². The SMILES string of the molecule is Cc1nn(-c2ccccc2)c(C)c1C(=O)NNC(=O)COc1ccccc1Cl. The summed E-state index contributed by atoms with van der Waals surface area (Å²) in [4.78, 5) is 24.5. The standard InChI is InChI=1S/C20H19ClN4O3/c1-13-19(14(2)25(24-13)15-8-4-3-5-9-15)20(27)23-22-18(26)12-28-17-11-7-6-10-16(17)21/h3-11H,12H2,1-2H3,(H,22,26)(H,23,27). The summed E-state index contributed by atoms with van der Waals surface area (Å²) in [6.07, 6.45) is 0. The fourth-order valence-electron chi connectivity index (χ4n) is 2.72. The lowest BCUT2D eigenvalue weighted by atomic mass is 10.2. The fraction of sp³-hybridized carbons (Fsp3) is 0.150. The fourth-order valence-corrected chi connectivity index (χ4v) is 2.91. The van der Waals surface area contributed by atoms with E-state index in [4.69, 9.17) is 16.3 Å². The Balaban J connectivity index is 1.61. The largest absolute Gasteiger partial charge is 0.482 e. The summed E-state index contributed by atoms with van der Waals surface area (Å²) in [5.41, 5.74) is 7.19. The number of hydrazine groups is 1. The van der Waals surface area contributed by atoms with Gasteiger partial charge in [-0.3, -0.25) is 20.4 Å². The number of carbonyl (C=O) groups is 2. The van der Waals surface area contributed by atoms with Gasteiger partial charge in [0.1, 0.15) is 5.75 Å². The molecule has 2 N–H and O–H groups in total. The maximum atomic E-state index is 12.5. The molecule has 2 amide bonds. The van der Waals surface area contributed by atoms with E-state index < -0.39 is 11.8 Å². The first-order valence-electron chi connectivity index (χ1n) is 8.55. The van der Waals surface area contributed by atoms with Crippen molar-refractivity contribution in [1.82, 2.24) is 20.6 Å². The third-order valence-corrected chi connectivity index (χ3v) is 4.34. The summed E-state index contributed by atoms with van der Waals surface area (Å²) in [6, 6.07) is 16.3. The van der Waals surface area contributed by atoms with Crippen molar-refractivity contribution in [3.63, 3.8) is 0 Å². The van der Waals surface area contributed by atoms with Crippen molar-refractivity contribution in [3.8, 4) is 11.4 Å². The number of nitrogens with zero attached hydrogens (tertiary/aromatic N) is 2. The Morgan fingerprint density at radius 3 is 2.43 bits per heavy atom. The van der Waals surface area contributed by atoms with Gasteiger partial charge in [-0.25, -0.2) is 4.68 Å². The highest BCUT2D eigenvalue weighted by Crippen LogP contribution is 2.22. The van der Waals surface area contributed by atoms with Gasteiger partial charge < -0.3 is 4.74 Å². The molecule has 3 rings (SSSR count). The van der Waals surface area contributed by atoms with E-state index in [1.165, 1.54) is 0 Å². The minimum absolute atomic E-state index is 0.286. The maximum Gasteiger partial charge on any atom is 0.276 e. The molecule has 0 saturated carbocycles. The van der Waals surface area contributed by atoms with Crippen LogP contribution < -0.4 is 15.6 Å². The molecule has 0 aliphatic rings. The lowest BCUT2D eigenvalue weighted by molar-refractivity contribution is -0.123. The number of halogens is 1. The Bertz CT molecular complexity index is 1000. The summed E-state index contributed by atoms with van der Waals surface area (Å²) in [7, 11) is 0. The van der Waals surface area contributed by atoms with E-state index in [-0.39, 0.29) is 6.61 Å². The van der Waals surface area contributed by atoms with Crippen LogP contribution in [0.4, 0.5) is 0 Å². The highest BCUT2D eigenvalue weighted by atomic mass is 35.5. The summed E-state index contributed by atoms with van der Waals surface area (Å²) in [6.45, 7) is 3.25. The average molecular weight is 399 g/mol. The molecule has 0 atom stereocenters. The Morgan fingerprint density at radius 1 is 1.04 bits per heavy atom. The average Bonchev–Trinajstić information content (AvgIpc) is 3.00.